The van der Waals surface area contributed by atoms with Crippen molar-refractivity contribution < 1.29 is 22.7 Å². The maximum Gasteiger partial charge on any atom is 0.264 e. The number of amides is 1. The second kappa shape index (κ2) is 10.6. The Labute approximate surface area is 207 Å². The molecule has 1 aliphatic heterocycles. The van der Waals surface area contributed by atoms with Crippen LogP contribution in [0.15, 0.2) is 82.2 Å². The third kappa shape index (κ3) is 5.60. The molecule has 0 radical (unpaired) electrons. The van der Waals surface area contributed by atoms with Crippen molar-refractivity contribution in [2.45, 2.75) is 23.8 Å². The first-order valence-corrected chi connectivity index (χ1v) is 13.1. The van der Waals surface area contributed by atoms with Gasteiger partial charge in [-0.25, -0.2) is 8.42 Å². The highest BCUT2D eigenvalue weighted by Crippen LogP contribution is 2.28. The molecule has 1 saturated heterocycles. The number of anilines is 2. The number of halogens is 1. The number of hydrogen-bond acceptors (Lipinski definition) is 5. The fourth-order valence-corrected chi connectivity index (χ4v) is 5.25. The minimum Gasteiger partial charge on any atom is -0.490 e. The van der Waals surface area contributed by atoms with Gasteiger partial charge in [-0.15, -0.1) is 0 Å². The number of nitrogens with zero attached hydrogens (tertiary/aromatic N) is 1. The first-order chi connectivity index (χ1) is 16.3. The van der Waals surface area contributed by atoms with Gasteiger partial charge in [-0.1, -0.05) is 18.2 Å². The molecule has 1 N–H and O–H groups in total. The normalized spacial score (nSPS) is 15.6. The lowest BCUT2D eigenvalue weighted by molar-refractivity contribution is 0.0677. The standard InChI is InChI=1S/C25H25BrN2O5S/c1-28(20-6-3-2-4-7-20)34(30,31)22-12-10-19(11-13-22)27-25(29)18-9-14-24(23(26)16-18)33-17-21-8-5-15-32-21/h2-4,6-7,9-14,16,21H,5,8,15,17H2,1H3,(H,27,29). The smallest absolute Gasteiger partial charge is 0.264 e. The van der Waals surface area contributed by atoms with E-state index in [9.17, 15) is 13.2 Å². The van der Waals surface area contributed by atoms with Gasteiger partial charge >= 0.3 is 0 Å². The van der Waals surface area contributed by atoms with E-state index in [1.807, 2.05) is 6.07 Å². The number of sulfonamides is 1. The number of carbonyl (C=O) groups excluding carboxylic acids is 1. The Morgan fingerprint density at radius 2 is 1.85 bits per heavy atom. The maximum absolute atomic E-state index is 12.9. The number of hydrogen-bond donors (Lipinski definition) is 1. The van der Waals surface area contributed by atoms with Gasteiger partial charge in [0.25, 0.3) is 15.9 Å². The second-order valence-electron chi connectivity index (χ2n) is 7.88. The van der Waals surface area contributed by atoms with Crippen LogP contribution in [0, 0.1) is 0 Å². The van der Waals surface area contributed by atoms with Crippen molar-refractivity contribution in [2.24, 2.45) is 0 Å². The number of benzene rings is 3. The molecular formula is C25H25BrN2O5S. The Kier molecular flexibility index (Phi) is 7.55. The van der Waals surface area contributed by atoms with Gasteiger partial charge in [-0.3, -0.25) is 9.10 Å². The third-order valence-electron chi connectivity index (χ3n) is 5.53. The number of para-hydroxylation sites is 1. The third-order valence-corrected chi connectivity index (χ3v) is 7.95. The van der Waals surface area contributed by atoms with Crippen molar-refractivity contribution in [3.05, 3.63) is 82.8 Å². The molecule has 0 bridgehead atoms. The van der Waals surface area contributed by atoms with Crippen LogP contribution in [-0.4, -0.2) is 40.7 Å². The lowest BCUT2D eigenvalue weighted by atomic mass is 10.2. The summed E-state index contributed by atoms with van der Waals surface area (Å²) in [5.41, 5.74) is 1.49. The summed E-state index contributed by atoms with van der Waals surface area (Å²) in [6.07, 6.45) is 2.14. The van der Waals surface area contributed by atoms with E-state index in [4.69, 9.17) is 9.47 Å². The van der Waals surface area contributed by atoms with Gasteiger partial charge in [-0.05, 0) is 83.4 Å². The van der Waals surface area contributed by atoms with E-state index in [1.165, 1.54) is 23.5 Å². The summed E-state index contributed by atoms with van der Waals surface area (Å²) in [5, 5.41) is 2.79. The van der Waals surface area contributed by atoms with Crippen LogP contribution in [0.1, 0.15) is 23.2 Å². The van der Waals surface area contributed by atoms with Crippen molar-refractivity contribution in [1.29, 1.82) is 0 Å². The molecular weight excluding hydrogens is 520 g/mol. The summed E-state index contributed by atoms with van der Waals surface area (Å²) in [7, 11) is -2.21. The summed E-state index contributed by atoms with van der Waals surface area (Å²) in [6, 6.07) is 20.0. The number of nitrogens with one attached hydrogen (secondary N) is 1. The van der Waals surface area contributed by atoms with Gasteiger partial charge in [0, 0.05) is 24.9 Å². The maximum atomic E-state index is 12.9. The van der Waals surface area contributed by atoms with E-state index < -0.39 is 10.0 Å². The molecule has 1 unspecified atom stereocenters. The zero-order chi connectivity index (χ0) is 24.1. The van der Waals surface area contributed by atoms with E-state index in [0.717, 1.165) is 19.4 Å². The Bertz CT molecular complexity index is 1240. The average Bonchev–Trinajstić information content (AvgIpc) is 3.37. The SMILES string of the molecule is CN(c1ccccc1)S(=O)(=O)c1ccc(NC(=O)c2ccc(OCC3CCCO3)c(Br)c2)cc1. The van der Waals surface area contributed by atoms with Crippen molar-refractivity contribution in [3.63, 3.8) is 0 Å². The Hall–Kier alpha value is -2.88. The second-order valence-corrected chi connectivity index (χ2v) is 10.7. The minimum absolute atomic E-state index is 0.106. The topological polar surface area (TPSA) is 84.9 Å². The lowest BCUT2D eigenvalue weighted by Crippen LogP contribution is -2.26. The first-order valence-electron chi connectivity index (χ1n) is 10.8. The molecule has 3 aromatic carbocycles. The summed E-state index contributed by atoms with van der Waals surface area (Å²) in [6.45, 7) is 1.24. The average molecular weight is 545 g/mol. The minimum atomic E-state index is -3.72. The molecule has 0 aliphatic carbocycles. The van der Waals surface area contributed by atoms with Gasteiger partial charge in [0.15, 0.2) is 0 Å². The molecule has 1 amide bonds. The van der Waals surface area contributed by atoms with E-state index in [1.54, 1.807) is 54.6 Å². The zero-order valence-electron chi connectivity index (χ0n) is 18.6. The number of ether oxygens (including phenoxy) is 2. The van der Waals surface area contributed by atoms with Crippen molar-refractivity contribution in [3.8, 4) is 5.75 Å². The van der Waals surface area contributed by atoms with Crippen molar-refractivity contribution >= 4 is 43.2 Å². The van der Waals surface area contributed by atoms with Crippen molar-refractivity contribution in [2.75, 3.05) is 29.9 Å². The van der Waals surface area contributed by atoms with Gasteiger partial charge < -0.3 is 14.8 Å². The molecule has 9 heteroatoms. The molecule has 3 aromatic rings. The highest BCUT2D eigenvalue weighted by atomic mass is 79.9. The van der Waals surface area contributed by atoms with Crippen LogP contribution >= 0.6 is 15.9 Å². The van der Waals surface area contributed by atoms with E-state index in [2.05, 4.69) is 21.2 Å². The molecule has 0 saturated carbocycles. The summed E-state index contributed by atoms with van der Waals surface area (Å²) in [4.78, 5) is 12.8. The predicted molar refractivity (Wildman–Crippen MR) is 135 cm³/mol. The predicted octanol–water partition coefficient (Wildman–Crippen LogP) is 5.08. The van der Waals surface area contributed by atoms with Crippen LogP contribution in [0.5, 0.6) is 5.75 Å². The van der Waals surface area contributed by atoms with Crippen LogP contribution < -0.4 is 14.4 Å². The number of carbonyl (C=O) groups is 1. The Balaban J connectivity index is 1.40. The largest absolute Gasteiger partial charge is 0.490 e. The first kappa shape index (κ1) is 24.3. The molecule has 7 nitrogen and oxygen atoms in total. The highest BCUT2D eigenvalue weighted by Gasteiger charge is 2.21. The summed E-state index contributed by atoms with van der Waals surface area (Å²) < 4.78 is 39.1. The monoisotopic (exact) mass is 544 g/mol. The molecule has 1 heterocycles. The van der Waals surface area contributed by atoms with Gasteiger partial charge in [0.2, 0.25) is 0 Å². The molecule has 0 aromatic heterocycles. The van der Waals surface area contributed by atoms with Crippen LogP contribution in [-0.2, 0) is 14.8 Å². The quantitative estimate of drug-likeness (QED) is 0.427. The van der Waals surface area contributed by atoms with Crippen LogP contribution in [0.3, 0.4) is 0 Å². The fourth-order valence-electron chi connectivity index (χ4n) is 3.57. The summed E-state index contributed by atoms with van der Waals surface area (Å²) >= 11 is 3.46. The van der Waals surface area contributed by atoms with E-state index in [-0.39, 0.29) is 16.9 Å². The molecule has 1 fully saturated rings. The molecule has 178 valence electrons. The van der Waals surface area contributed by atoms with Crippen LogP contribution in [0.4, 0.5) is 11.4 Å². The molecule has 34 heavy (non-hydrogen) atoms. The Morgan fingerprint density at radius 1 is 1.12 bits per heavy atom. The highest BCUT2D eigenvalue weighted by molar-refractivity contribution is 9.10. The van der Waals surface area contributed by atoms with Gasteiger partial charge in [-0.2, -0.15) is 0 Å². The van der Waals surface area contributed by atoms with Gasteiger partial charge in [0.1, 0.15) is 12.4 Å². The van der Waals surface area contributed by atoms with Gasteiger partial charge in [0.05, 0.1) is 21.2 Å². The van der Waals surface area contributed by atoms with Crippen molar-refractivity contribution in [1.82, 2.24) is 0 Å². The number of rotatable bonds is 8. The van der Waals surface area contributed by atoms with Crippen LogP contribution in [0.2, 0.25) is 0 Å². The Morgan fingerprint density at radius 3 is 2.50 bits per heavy atom. The van der Waals surface area contributed by atoms with E-state index >= 15 is 0 Å². The molecule has 4 rings (SSSR count). The van der Waals surface area contributed by atoms with Crippen LogP contribution in [0.25, 0.3) is 0 Å². The summed E-state index contributed by atoms with van der Waals surface area (Å²) in [5.74, 6) is 0.326. The zero-order valence-corrected chi connectivity index (χ0v) is 21.0. The molecule has 1 aliphatic rings. The lowest BCUT2D eigenvalue weighted by Gasteiger charge is -2.19. The van der Waals surface area contributed by atoms with E-state index in [0.29, 0.717) is 33.8 Å². The molecule has 1 atom stereocenters. The molecule has 0 spiro atoms. The fraction of sp³-hybridized carbons (Fsp3) is 0.240.